The van der Waals surface area contributed by atoms with Crippen LogP contribution in [0.5, 0.6) is 11.5 Å². The van der Waals surface area contributed by atoms with Gasteiger partial charge in [0.1, 0.15) is 0 Å². The fourth-order valence-electron chi connectivity index (χ4n) is 3.45. The maximum absolute atomic E-state index is 12.9. The number of amides is 1. The Kier molecular flexibility index (Phi) is 7.07. The van der Waals surface area contributed by atoms with Crippen molar-refractivity contribution in [3.8, 4) is 11.5 Å². The average molecular weight is 448 g/mol. The van der Waals surface area contributed by atoms with Crippen molar-refractivity contribution in [2.24, 2.45) is 0 Å². The molecule has 1 N–H and O–H groups in total. The van der Waals surface area contributed by atoms with E-state index in [1.165, 1.54) is 10.4 Å². The van der Waals surface area contributed by atoms with E-state index >= 15 is 0 Å². The van der Waals surface area contributed by atoms with Gasteiger partial charge in [-0.3, -0.25) is 4.79 Å². The molecule has 0 saturated carbocycles. The fraction of sp³-hybridized carbons (Fsp3) is 0.409. The summed E-state index contributed by atoms with van der Waals surface area (Å²) in [4.78, 5) is 14.7. The van der Waals surface area contributed by atoms with Gasteiger partial charge in [0.2, 0.25) is 22.7 Å². The Balaban J connectivity index is 1.76. The van der Waals surface area contributed by atoms with E-state index in [-0.39, 0.29) is 24.0 Å². The zero-order chi connectivity index (χ0) is 22.6. The van der Waals surface area contributed by atoms with Gasteiger partial charge in [0, 0.05) is 33.6 Å². The smallest absolute Gasteiger partial charge is 0.243 e. The van der Waals surface area contributed by atoms with Crippen LogP contribution in [0.3, 0.4) is 0 Å². The second kappa shape index (κ2) is 9.57. The molecule has 1 heterocycles. The number of carbonyl (C=O) groups excluding carboxylic acids is 1. The number of nitrogens with zero attached hydrogens (tertiary/aromatic N) is 2. The van der Waals surface area contributed by atoms with E-state index in [0.717, 1.165) is 11.3 Å². The molecular formula is C22H29N3O5S. The minimum Gasteiger partial charge on any atom is -0.454 e. The first-order chi connectivity index (χ1) is 14.8. The highest BCUT2D eigenvalue weighted by molar-refractivity contribution is 7.89. The third-order valence-electron chi connectivity index (χ3n) is 5.14. The molecule has 9 heteroatoms. The molecule has 0 radical (unpaired) electrons. The van der Waals surface area contributed by atoms with Crippen molar-refractivity contribution in [2.75, 3.05) is 44.2 Å². The molecule has 0 atom stereocenters. The molecule has 31 heavy (non-hydrogen) atoms. The predicted octanol–water partition coefficient (Wildman–Crippen LogP) is 3.08. The van der Waals surface area contributed by atoms with Crippen molar-refractivity contribution in [2.45, 2.75) is 31.6 Å². The number of hydrogen-bond acceptors (Lipinski definition) is 6. The normalized spacial score (nSPS) is 12.8. The Hall–Kier alpha value is -2.78. The lowest BCUT2D eigenvalue weighted by molar-refractivity contribution is -0.116. The number of carbonyl (C=O) groups is 1. The van der Waals surface area contributed by atoms with Crippen LogP contribution in [0.15, 0.2) is 41.3 Å². The summed E-state index contributed by atoms with van der Waals surface area (Å²) in [5, 5.41) is 2.88. The first kappa shape index (κ1) is 22.9. The summed E-state index contributed by atoms with van der Waals surface area (Å²) in [7, 11) is 0.0615. The lowest BCUT2D eigenvalue weighted by atomic mass is 10.1. The maximum atomic E-state index is 12.9. The monoisotopic (exact) mass is 447 g/mol. The third kappa shape index (κ3) is 5.11. The van der Waals surface area contributed by atoms with E-state index in [0.29, 0.717) is 36.7 Å². The van der Waals surface area contributed by atoms with Gasteiger partial charge in [0.25, 0.3) is 0 Å². The zero-order valence-corrected chi connectivity index (χ0v) is 19.2. The van der Waals surface area contributed by atoms with E-state index in [1.54, 1.807) is 26.0 Å². The van der Waals surface area contributed by atoms with E-state index in [2.05, 4.69) is 5.32 Å². The second-order valence-corrected chi connectivity index (χ2v) is 9.34. The number of nitrogens with one attached hydrogen (secondary N) is 1. The summed E-state index contributed by atoms with van der Waals surface area (Å²) >= 11 is 0. The summed E-state index contributed by atoms with van der Waals surface area (Å²) < 4.78 is 37.9. The average Bonchev–Trinajstić information content (AvgIpc) is 3.20. The van der Waals surface area contributed by atoms with E-state index in [4.69, 9.17) is 9.47 Å². The van der Waals surface area contributed by atoms with Crippen LogP contribution in [-0.2, 0) is 21.2 Å². The molecule has 0 aromatic heterocycles. The summed E-state index contributed by atoms with van der Waals surface area (Å²) in [6.45, 7) is 4.57. The van der Waals surface area contributed by atoms with Gasteiger partial charge < -0.3 is 19.7 Å². The number of benzene rings is 2. The van der Waals surface area contributed by atoms with Gasteiger partial charge in [-0.25, -0.2) is 8.42 Å². The zero-order valence-electron chi connectivity index (χ0n) is 18.3. The molecule has 0 fully saturated rings. The van der Waals surface area contributed by atoms with E-state index in [1.807, 2.05) is 37.2 Å². The predicted molar refractivity (Wildman–Crippen MR) is 120 cm³/mol. The van der Waals surface area contributed by atoms with Crippen LogP contribution >= 0.6 is 0 Å². The fourth-order valence-corrected chi connectivity index (χ4v) is 4.93. The highest BCUT2D eigenvalue weighted by atomic mass is 32.2. The van der Waals surface area contributed by atoms with Crippen molar-refractivity contribution >= 4 is 27.3 Å². The topological polar surface area (TPSA) is 88.2 Å². The molecule has 0 aliphatic carbocycles. The van der Waals surface area contributed by atoms with Gasteiger partial charge in [0.05, 0.1) is 16.3 Å². The standard InChI is InChI=1S/C22H29N3O5S/c1-5-25(6-2)31(27,28)17-9-10-19(24(3)4)18(14-17)23-22(26)12-8-16-7-11-20-21(13-16)30-15-29-20/h7,9-11,13-14H,5-6,8,12,15H2,1-4H3,(H,23,26). The molecule has 0 spiro atoms. The van der Waals surface area contributed by atoms with Crippen LogP contribution < -0.4 is 19.7 Å². The van der Waals surface area contributed by atoms with Crippen molar-refractivity contribution in [3.63, 3.8) is 0 Å². The Morgan fingerprint density at radius 3 is 2.42 bits per heavy atom. The molecule has 0 bridgehead atoms. The van der Waals surface area contributed by atoms with Crippen LogP contribution in [0.1, 0.15) is 25.8 Å². The number of aryl methyl sites for hydroxylation is 1. The SMILES string of the molecule is CCN(CC)S(=O)(=O)c1ccc(N(C)C)c(NC(=O)CCc2ccc3c(c2)OCO3)c1. The Bertz CT molecular complexity index is 1050. The number of ether oxygens (including phenoxy) is 2. The van der Waals surface area contributed by atoms with Gasteiger partial charge >= 0.3 is 0 Å². The van der Waals surface area contributed by atoms with Gasteiger partial charge in [0.15, 0.2) is 11.5 Å². The highest BCUT2D eigenvalue weighted by Crippen LogP contribution is 2.33. The lowest BCUT2D eigenvalue weighted by Gasteiger charge is -2.22. The second-order valence-electron chi connectivity index (χ2n) is 7.40. The maximum Gasteiger partial charge on any atom is 0.243 e. The van der Waals surface area contributed by atoms with Crippen molar-refractivity contribution < 1.29 is 22.7 Å². The lowest BCUT2D eigenvalue weighted by Crippen LogP contribution is -2.30. The molecule has 1 amide bonds. The number of anilines is 2. The molecule has 2 aromatic rings. The Morgan fingerprint density at radius 1 is 1.03 bits per heavy atom. The molecule has 1 aliphatic rings. The molecule has 2 aromatic carbocycles. The highest BCUT2D eigenvalue weighted by Gasteiger charge is 2.23. The summed E-state index contributed by atoms with van der Waals surface area (Å²) in [6.07, 6.45) is 0.775. The van der Waals surface area contributed by atoms with Crippen molar-refractivity contribution in [1.82, 2.24) is 4.31 Å². The van der Waals surface area contributed by atoms with Gasteiger partial charge in [-0.15, -0.1) is 0 Å². The molecule has 8 nitrogen and oxygen atoms in total. The molecule has 1 aliphatic heterocycles. The molecule has 168 valence electrons. The van der Waals surface area contributed by atoms with Crippen molar-refractivity contribution in [3.05, 3.63) is 42.0 Å². The number of hydrogen-bond donors (Lipinski definition) is 1. The minimum absolute atomic E-state index is 0.160. The molecular weight excluding hydrogens is 418 g/mol. The van der Waals surface area contributed by atoms with Crippen LogP contribution in [-0.4, -0.2) is 52.6 Å². The van der Waals surface area contributed by atoms with Crippen LogP contribution in [0.2, 0.25) is 0 Å². The van der Waals surface area contributed by atoms with Crippen molar-refractivity contribution in [1.29, 1.82) is 0 Å². The molecule has 0 saturated heterocycles. The minimum atomic E-state index is -3.63. The summed E-state index contributed by atoms with van der Waals surface area (Å²) in [5.74, 6) is 1.19. The molecule has 3 rings (SSSR count). The Morgan fingerprint density at radius 2 is 1.74 bits per heavy atom. The van der Waals surface area contributed by atoms with Gasteiger partial charge in [-0.1, -0.05) is 19.9 Å². The van der Waals surface area contributed by atoms with Crippen LogP contribution in [0.4, 0.5) is 11.4 Å². The first-order valence-corrected chi connectivity index (χ1v) is 11.7. The summed E-state index contributed by atoms with van der Waals surface area (Å²) in [6, 6.07) is 10.4. The number of rotatable bonds is 9. The molecule has 0 unspecified atom stereocenters. The third-order valence-corrected chi connectivity index (χ3v) is 7.19. The van der Waals surface area contributed by atoms with E-state index < -0.39 is 10.0 Å². The summed E-state index contributed by atoms with van der Waals surface area (Å²) in [5.41, 5.74) is 2.16. The van der Waals surface area contributed by atoms with Gasteiger partial charge in [-0.2, -0.15) is 4.31 Å². The largest absolute Gasteiger partial charge is 0.454 e. The number of sulfonamides is 1. The number of fused-ring (bicyclic) bond motifs is 1. The van der Waals surface area contributed by atoms with Crippen LogP contribution in [0.25, 0.3) is 0 Å². The first-order valence-electron chi connectivity index (χ1n) is 10.3. The van der Waals surface area contributed by atoms with Crippen LogP contribution in [0, 0.1) is 0 Å². The van der Waals surface area contributed by atoms with E-state index in [9.17, 15) is 13.2 Å². The Labute approximate surface area is 183 Å². The van der Waals surface area contributed by atoms with Gasteiger partial charge in [-0.05, 0) is 42.3 Å². The quantitative estimate of drug-likeness (QED) is 0.636.